The molecule has 1 heterocycles. The highest BCUT2D eigenvalue weighted by molar-refractivity contribution is 6.11. The Morgan fingerprint density at radius 2 is 0.913 bits per heavy atom. The van der Waals surface area contributed by atoms with Gasteiger partial charge >= 0.3 is 0 Å². The highest BCUT2D eigenvalue weighted by Gasteiger charge is 2.39. The van der Waals surface area contributed by atoms with E-state index in [-0.39, 0.29) is 5.41 Å². The number of fused-ring (bicyclic) bond motifs is 4. The van der Waals surface area contributed by atoms with Crippen molar-refractivity contribution in [3.05, 3.63) is 300 Å². The number of allylic oxidation sites excluding steroid dienone is 4. The quantitative estimate of drug-likeness (QED) is 0.0928. The van der Waals surface area contributed by atoms with Crippen molar-refractivity contribution in [2.75, 3.05) is 4.90 Å². The first-order chi connectivity index (χ1) is 34.2. The Labute approximate surface area is 404 Å². The Morgan fingerprint density at radius 1 is 0.406 bits per heavy atom. The van der Waals surface area contributed by atoms with Crippen LogP contribution in [0.4, 0.5) is 17.1 Å². The fraction of sp³-hybridized carbons (Fsp3) is 0.0448. The zero-order chi connectivity index (χ0) is 46.0. The standard InChI is InChI=1S/C67H50N2/c1-7-19-55(20-8-1)67(56-21-9-2-10-22-56,57-23-11-3-12-24-57)58-40-38-51(39-41-58)53-37-36-52-45-49(33-35-54(52)47-53)31-32-50-34-43-63-64-44-42-62(48-66(64)69(65(63)46-50)61-29-17-6-18-30-61)68(59-25-13-4-14-26-59)60-27-15-5-16-28-60/h1-11,13-23,25-48H,12,24H2/b32-31+. The molecular weight excluding hydrogens is 833 g/mol. The maximum Gasteiger partial charge on any atom is 0.0664 e. The van der Waals surface area contributed by atoms with Gasteiger partial charge in [-0.1, -0.05) is 218 Å². The Hall–Kier alpha value is -8.72. The summed E-state index contributed by atoms with van der Waals surface area (Å²) in [5.74, 6) is 0. The predicted molar refractivity (Wildman–Crippen MR) is 293 cm³/mol. The topological polar surface area (TPSA) is 8.17 Å². The summed E-state index contributed by atoms with van der Waals surface area (Å²) in [5.41, 5.74) is 16.5. The number of rotatable bonds is 11. The van der Waals surface area contributed by atoms with Gasteiger partial charge in [-0.05, 0) is 129 Å². The lowest BCUT2D eigenvalue weighted by atomic mass is 9.63. The first kappa shape index (κ1) is 41.7. The molecule has 10 aromatic carbocycles. The molecule has 0 N–H and O–H groups in total. The lowest BCUT2D eigenvalue weighted by Crippen LogP contribution is -2.32. The second-order valence-electron chi connectivity index (χ2n) is 18.0. The van der Waals surface area contributed by atoms with E-state index < -0.39 is 0 Å². The van der Waals surface area contributed by atoms with Crippen molar-refractivity contribution >= 4 is 61.8 Å². The summed E-state index contributed by atoms with van der Waals surface area (Å²) in [6, 6.07) is 90.7. The lowest BCUT2D eigenvalue weighted by molar-refractivity contribution is 0.676. The molecule has 0 radical (unpaired) electrons. The van der Waals surface area contributed by atoms with Crippen LogP contribution in [0.1, 0.15) is 40.7 Å². The van der Waals surface area contributed by atoms with Crippen LogP contribution in [0.25, 0.3) is 61.5 Å². The van der Waals surface area contributed by atoms with E-state index in [1.54, 1.807) is 0 Å². The molecular formula is C67H50N2. The lowest BCUT2D eigenvalue weighted by Gasteiger charge is -2.39. The van der Waals surface area contributed by atoms with Gasteiger partial charge in [-0.15, -0.1) is 0 Å². The predicted octanol–water partition coefficient (Wildman–Crippen LogP) is 17.9. The molecule has 0 bridgehead atoms. The van der Waals surface area contributed by atoms with E-state index in [1.807, 2.05) is 0 Å². The molecule has 0 fully saturated rings. The summed E-state index contributed by atoms with van der Waals surface area (Å²) in [6.45, 7) is 0. The zero-order valence-electron chi connectivity index (χ0n) is 38.4. The third kappa shape index (κ3) is 7.76. The van der Waals surface area contributed by atoms with Crippen LogP contribution in [0.3, 0.4) is 0 Å². The average molecular weight is 883 g/mol. The minimum Gasteiger partial charge on any atom is -0.310 e. The van der Waals surface area contributed by atoms with E-state index in [4.69, 9.17) is 0 Å². The SMILES string of the molecule is C1=CCCC(C(c2ccccc2)(c2ccccc2)c2ccc(-c3ccc4cc(/C=C/c5ccc6c7ccc(N(c8ccccc8)c8ccccc8)cc7n(-c7ccccc7)c6c5)ccc4c3)cc2)=C1. The first-order valence-electron chi connectivity index (χ1n) is 24.0. The van der Waals surface area contributed by atoms with Gasteiger partial charge in [-0.25, -0.2) is 0 Å². The molecule has 2 heteroatoms. The maximum absolute atomic E-state index is 2.41. The van der Waals surface area contributed by atoms with E-state index in [1.165, 1.54) is 71.5 Å². The third-order valence-corrected chi connectivity index (χ3v) is 14.0. The minimum atomic E-state index is -0.386. The van der Waals surface area contributed by atoms with Gasteiger partial charge in [0.05, 0.1) is 16.4 Å². The first-order valence-corrected chi connectivity index (χ1v) is 24.0. The number of hydrogen-bond acceptors (Lipinski definition) is 1. The highest BCUT2D eigenvalue weighted by Crippen LogP contribution is 2.48. The Morgan fingerprint density at radius 3 is 1.54 bits per heavy atom. The van der Waals surface area contributed by atoms with Crippen LogP contribution in [-0.4, -0.2) is 4.57 Å². The van der Waals surface area contributed by atoms with Crippen molar-refractivity contribution in [2.45, 2.75) is 18.3 Å². The van der Waals surface area contributed by atoms with Gasteiger partial charge in [0.15, 0.2) is 0 Å². The Kier molecular flexibility index (Phi) is 11.0. The Bertz CT molecular complexity index is 3600. The molecule has 328 valence electrons. The molecule has 0 unspecified atom stereocenters. The number of hydrogen-bond donors (Lipinski definition) is 0. The summed E-state index contributed by atoms with van der Waals surface area (Å²) >= 11 is 0. The Balaban J connectivity index is 0.863. The molecule has 1 aromatic heterocycles. The van der Waals surface area contributed by atoms with Gasteiger partial charge in [0.25, 0.3) is 0 Å². The smallest absolute Gasteiger partial charge is 0.0664 e. The van der Waals surface area contributed by atoms with Crippen molar-refractivity contribution in [3.8, 4) is 16.8 Å². The number of aromatic nitrogens is 1. The van der Waals surface area contributed by atoms with E-state index >= 15 is 0 Å². The van der Waals surface area contributed by atoms with Gasteiger partial charge < -0.3 is 9.47 Å². The van der Waals surface area contributed by atoms with Crippen LogP contribution in [-0.2, 0) is 5.41 Å². The molecule has 1 aliphatic rings. The summed E-state index contributed by atoms with van der Waals surface area (Å²) in [7, 11) is 0. The molecule has 69 heavy (non-hydrogen) atoms. The van der Waals surface area contributed by atoms with Crippen LogP contribution in [0.15, 0.2) is 273 Å². The van der Waals surface area contributed by atoms with Crippen LogP contribution in [0.5, 0.6) is 0 Å². The van der Waals surface area contributed by atoms with Crippen molar-refractivity contribution in [1.82, 2.24) is 4.57 Å². The second kappa shape index (κ2) is 18.2. The van der Waals surface area contributed by atoms with Crippen molar-refractivity contribution in [2.24, 2.45) is 0 Å². The van der Waals surface area contributed by atoms with Gasteiger partial charge in [0, 0.05) is 33.5 Å². The van der Waals surface area contributed by atoms with Gasteiger partial charge in [0.1, 0.15) is 0 Å². The van der Waals surface area contributed by atoms with E-state index in [2.05, 4.69) is 289 Å². The maximum atomic E-state index is 2.41. The zero-order valence-corrected chi connectivity index (χ0v) is 38.4. The second-order valence-corrected chi connectivity index (χ2v) is 18.0. The molecule has 0 atom stereocenters. The van der Waals surface area contributed by atoms with Gasteiger partial charge in [-0.3, -0.25) is 0 Å². The molecule has 0 amide bonds. The molecule has 2 nitrogen and oxygen atoms in total. The summed E-state index contributed by atoms with van der Waals surface area (Å²) < 4.78 is 2.41. The molecule has 0 saturated heterocycles. The van der Waals surface area contributed by atoms with Crippen molar-refractivity contribution in [1.29, 1.82) is 0 Å². The monoisotopic (exact) mass is 882 g/mol. The van der Waals surface area contributed by atoms with Crippen LogP contribution in [0.2, 0.25) is 0 Å². The third-order valence-electron chi connectivity index (χ3n) is 14.0. The minimum absolute atomic E-state index is 0.386. The van der Waals surface area contributed by atoms with Gasteiger partial charge in [-0.2, -0.15) is 0 Å². The van der Waals surface area contributed by atoms with Crippen LogP contribution in [0, 0.1) is 0 Å². The van der Waals surface area contributed by atoms with Crippen molar-refractivity contribution in [3.63, 3.8) is 0 Å². The number of anilines is 3. The molecule has 0 spiro atoms. The summed E-state index contributed by atoms with van der Waals surface area (Å²) in [4.78, 5) is 2.33. The molecule has 0 aliphatic heterocycles. The van der Waals surface area contributed by atoms with E-state index in [9.17, 15) is 0 Å². The summed E-state index contributed by atoms with van der Waals surface area (Å²) in [5, 5.41) is 4.89. The van der Waals surface area contributed by atoms with Crippen LogP contribution < -0.4 is 4.90 Å². The van der Waals surface area contributed by atoms with E-state index in [0.29, 0.717) is 0 Å². The fourth-order valence-electron chi connectivity index (χ4n) is 10.7. The molecule has 11 aromatic rings. The molecule has 0 saturated carbocycles. The van der Waals surface area contributed by atoms with Crippen LogP contribution >= 0.6 is 0 Å². The van der Waals surface area contributed by atoms with E-state index in [0.717, 1.165) is 41.2 Å². The van der Waals surface area contributed by atoms with Crippen molar-refractivity contribution < 1.29 is 0 Å². The molecule has 12 rings (SSSR count). The molecule has 1 aliphatic carbocycles. The number of benzene rings is 10. The van der Waals surface area contributed by atoms with Gasteiger partial charge in [0.2, 0.25) is 0 Å². The fourth-order valence-corrected chi connectivity index (χ4v) is 10.7. The number of para-hydroxylation sites is 3. The summed E-state index contributed by atoms with van der Waals surface area (Å²) in [6.07, 6.45) is 13.4. The normalized spacial score (nSPS) is 12.8. The highest BCUT2D eigenvalue weighted by atomic mass is 15.1. The number of nitrogens with zero attached hydrogens (tertiary/aromatic N) is 2. The average Bonchev–Trinajstić information content (AvgIpc) is 3.75. The largest absolute Gasteiger partial charge is 0.310 e.